The van der Waals surface area contributed by atoms with Crippen molar-refractivity contribution in [3.8, 4) is 5.75 Å². The molecule has 0 fully saturated rings. The van der Waals surface area contributed by atoms with E-state index in [0.717, 1.165) is 27.5 Å². The Kier molecular flexibility index (Phi) is 4.12. The summed E-state index contributed by atoms with van der Waals surface area (Å²) >= 11 is 1.61. The summed E-state index contributed by atoms with van der Waals surface area (Å²) in [5.41, 5.74) is 2.75. The number of hydrogen-bond acceptors (Lipinski definition) is 8. The molecule has 0 amide bonds. The number of allylic oxidation sites excluding steroid dienone is 1. The Morgan fingerprint density at radius 1 is 1.14 bits per heavy atom. The molecule has 7 nitrogen and oxygen atoms in total. The van der Waals surface area contributed by atoms with Crippen LogP contribution in [0.15, 0.2) is 57.7 Å². The predicted molar refractivity (Wildman–Crippen MR) is 106 cm³/mol. The number of rotatable bonds is 3. The molecular weight excluding hydrogens is 376 g/mol. The first-order chi connectivity index (χ1) is 13.7. The topological polar surface area (TPSA) is 89.3 Å². The largest absolute Gasteiger partial charge is 0.497 e. The molecule has 28 heavy (non-hydrogen) atoms. The number of fused-ring (bicyclic) bond motifs is 1. The highest BCUT2D eigenvalue weighted by atomic mass is 32.1. The molecule has 3 aromatic rings. The summed E-state index contributed by atoms with van der Waals surface area (Å²) in [6, 6.07) is 11.7. The fraction of sp³-hybridized carbons (Fsp3) is 0.250. The summed E-state index contributed by atoms with van der Waals surface area (Å²) in [5, 5.41) is 16.5. The Balaban J connectivity index is 1.55. The molecule has 0 unspecified atom stereocenters. The van der Waals surface area contributed by atoms with Gasteiger partial charge in [0.25, 0.3) is 0 Å². The Morgan fingerprint density at radius 3 is 2.71 bits per heavy atom. The maximum atomic E-state index is 13.2. The van der Waals surface area contributed by atoms with Crippen molar-refractivity contribution in [3.63, 3.8) is 0 Å². The molecule has 1 aliphatic heterocycles. The second-order valence-electron chi connectivity index (χ2n) is 6.87. The maximum Gasteiger partial charge on any atom is 0.219 e. The van der Waals surface area contributed by atoms with Gasteiger partial charge in [0, 0.05) is 22.6 Å². The van der Waals surface area contributed by atoms with Gasteiger partial charge in [-0.15, -0.1) is 11.3 Å². The summed E-state index contributed by atoms with van der Waals surface area (Å²) < 4.78 is 10.1. The zero-order valence-electron chi connectivity index (χ0n) is 15.1. The minimum atomic E-state index is -0.264. The highest BCUT2D eigenvalue weighted by Crippen LogP contribution is 2.44. The van der Waals surface area contributed by atoms with Crippen LogP contribution in [0.1, 0.15) is 35.2 Å². The van der Waals surface area contributed by atoms with E-state index < -0.39 is 0 Å². The van der Waals surface area contributed by atoms with Crippen LogP contribution in [0.3, 0.4) is 0 Å². The number of hydrogen-bond donors (Lipinski definition) is 2. The number of aromatic nitrogens is 2. The number of ether oxygens (including phenoxy) is 1. The van der Waals surface area contributed by atoms with Crippen molar-refractivity contribution in [2.45, 2.75) is 24.8 Å². The average molecular weight is 394 g/mol. The zero-order valence-corrected chi connectivity index (χ0v) is 16.0. The van der Waals surface area contributed by atoms with Gasteiger partial charge in [0.2, 0.25) is 11.6 Å². The molecule has 2 aromatic heterocycles. The van der Waals surface area contributed by atoms with Gasteiger partial charge in [-0.05, 0) is 51.8 Å². The molecule has 5 rings (SSSR count). The fourth-order valence-electron chi connectivity index (χ4n) is 3.88. The van der Waals surface area contributed by atoms with Crippen molar-refractivity contribution >= 4 is 28.8 Å². The molecular formula is C20H18N4O3S. The van der Waals surface area contributed by atoms with Crippen LogP contribution in [0.2, 0.25) is 0 Å². The molecule has 0 bridgehead atoms. The standard InChI is InChI=1S/C20H18N4O3S/c1-26-13-6-4-11(5-7-13)12-9-14-17(15(25)10-12)18(16-3-2-8-28-16)22-20-19(21-14)23-27-24-20/h2-8,12,18H,9-10H2,1H3,(H,21,23)(H,22,24)/t12-,18+/m0/s1. The van der Waals surface area contributed by atoms with Gasteiger partial charge in [0.05, 0.1) is 13.2 Å². The highest BCUT2D eigenvalue weighted by molar-refractivity contribution is 7.10. The zero-order chi connectivity index (χ0) is 19.1. The van der Waals surface area contributed by atoms with Crippen LogP contribution in [0, 0.1) is 0 Å². The molecule has 2 aliphatic rings. The maximum absolute atomic E-state index is 13.2. The monoisotopic (exact) mass is 394 g/mol. The third kappa shape index (κ3) is 2.86. The molecule has 3 heterocycles. The molecule has 0 radical (unpaired) electrons. The fourth-order valence-corrected chi connectivity index (χ4v) is 4.67. The van der Waals surface area contributed by atoms with E-state index in [1.165, 1.54) is 0 Å². The number of carbonyl (C=O) groups is 1. The third-order valence-corrected chi connectivity index (χ3v) is 6.19. The third-order valence-electron chi connectivity index (χ3n) is 5.25. The van der Waals surface area contributed by atoms with E-state index in [-0.39, 0.29) is 17.7 Å². The number of nitrogens with zero attached hydrogens (tertiary/aromatic N) is 2. The van der Waals surface area contributed by atoms with Crippen molar-refractivity contribution in [2.75, 3.05) is 17.7 Å². The minimum absolute atomic E-state index is 0.0926. The smallest absolute Gasteiger partial charge is 0.219 e. The number of ketones is 1. The summed E-state index contributed by atoms with van der Waals surface area (Å²) in [4.78, 5) is 14.3. The highest BCUT2D eigenvalue weighted by Gasteiger charge is 2.37. The lowest BCUT2D eigenvalue weighted by Crippen LogP contribution is -2.26. The first kappa shape index (κ1) is 17.0. The minimum Gasteiger partial charge on any atom is -0.497 e. The molecule has 0 saturated carbocycles. The summed E-state index contributed by atoms with van der Waals surface area (Å²) in [6.07, 6.45) is 1.18. The van der Waals surface area contributed by atoms with Gasteiger partial charge in [0.1, 0.15) is 5.75 Å². The van der Waals surface area contributed by atoms with E-state index >= 15 is 0 Å². The van der Waals surface area contributed by atoms with Gasteiger partial charge in [-0.1, -0.05) is 18.2 Å². The van der Waals surface area contributed by atoms with Crippen molar-refractivity contribution in [2.24, 2.45) is 0 Å². The number of benzene rings is 1. The van der Waals surface area contributed by atoms with Gasteiger partial charge in [-0.25, -0.2) is 4.63 Å². The molecule has 2 N–H and O–H groups in total. The van der Waals surface area contributed by atoms with Gasteiger partial charge in [-0.2, -0.15) is 0 Å². The number of thiophene rings is 1. The van der Waals surface area contributed by atoms with Crippen LogP contribution >= 0.6 is 11.3 Å². The van der Waals surface area contributed by atoms with Gasteiger partial charge < -0.3 is 15.4 Å². The van der Waals surface area contributed by atoms with E-state index in [9.17, 15) is 4.79 Å². The van der Waals surface area contributed by atoms with E-state index in [4.69, 9.17) is 9.37 Å². The average Bonchev–Trinajstić information content (AvgIpc) is 3.37. The molecule has 142 valence electrons. The summed E-state index contributed by atoms with van der Waals surface area (Å²) in [5.74, 6) is 2.05. The molecule has 0 spiro atoms. The van der Waals surface area contributed by atoms with Crippen molar-refractivity contribution in [1.29, 1.82) is 0 Å². The molecule has 0 saturated heterocycles. The predicted octanol–water partition coefficient (Wildman–Crippen LogP) is 4.12. The molecule has 2 atom stereocenters. The quantitative estimate of drug-likeness (QED) is 0.691. The summed E-state index contributed by atoms with van der Waals surface area (Å²) in [6.45, 7) is 0. The van der Waals surface area contributed by atoms with Gasteiger partial charge in [-0.3, -0.25) is 4.79 Å². The molecule has 1 aliphatic carbocycles. The van der Waals surface area contributed by atoms with Crippen molar-refractivity contribution in [1.82, 2.24) is 10.3 Å². The van der Waals surface area contributed by atoms with Crippen LogP contribution in [0.4, 0.5) is 11.6 Å². The van der Waals surface area contributed by atoms with E-state index in [1.807, 2.05) is 41.8 Å². The Morgan fingerprint density at radius 2 is 1.96 bits per heavy atom. The van der Waals surface area contributed by atoms with Crippen LogP contribution < -0.4 is 15.4 Å². The number of nitrogens with one attached hydrogen (secondary N) is 2. The van der Waals surface area contributed by atoms with Crippen LogP contribution in [0.5, 0.6) is 5.75 Å². The van der Waals surface area contributed by atoms with Crippen LogP contribution in [0.25, 0.3) is 0 Å². The number of carbonyl (C=O) groups excluding carboxylic acids is 1. The van der Waals surface area contributed by atoms with Gasteiger partial charge in [0.15, 0.2) is 5.78 Å². The molecule has 8 heteroatoms. The van der Waals surface area contributed by atoms with E-state index in [1.54, 1.807) is 18.4 Å². The number of Topliss-reactive ketones (excluding diaryl/α,β-unsaturated/α-hetero) is 1. The first-order valence-electron chi connectivity index (χ1n) is 9.02. The second-order valence-corrected chi connectivity index (χ2v) is 7.85. The Bertz CT molecular complexity index is 1040. The normalized spacial score (nSPS) is 21.2. The van der Waals surface area contributed by atoms with E-state index in [2.05, 4.69) is 20.9 Å². The van der Waals surface area contributed by atoms with Gasteiger partial charge >= 0.3 is 0 Å². The first-order valence-corrected chi connectivity index (χ1v) is 9.90. The Hall–Kier alpha value is -3.13. The number of methoxy groups -OCH3 is 1. The van der Waals surface area contributed by atoms with E-state index in [0.29, 0.717) is 24.5 Å². The van der Waals surface area contributed by atoms with Crippen LogP contribution in [-0.4, -0.2) is 23.2 Å². The van der Waals surface area contributed by atoms with Crippen molar-refractivity contribution < 1.29 is 14.2 Å². The lowest BCUT2D eigenvalue weighted by molar-refractivity contribution is -0.116. The second kappa shape index (κ2) is 6.79. The Labute approximate surface area is 165 Å². The van der Waals surface area contributed by atoms with Crippen molar-refractivity contribution in [3.05, 3.63) is 63.5 Å². The summed E-state index contributed by atoms with van der Waals surface area (Å²) in [7, 11) is 1.65. The number of anilines is 2. The lowest BCUT2D eigenvalue weighted by atomic mass is 9.79. The lowest BCUT2D eigenvalue weighted by Gasteiger charge is -2.29. The van der Waals surface area contributed by atoms with Crippen LogP contribution in [-0.2, 0) is 4.79 Å². The SMILES string of the molecule is COc1ccc([C@@H]2CC(=O)C3=C(C2)Nc2nonc2N[C@@H]3c2cccs2)cc1. The molecule has 1 aromatic carbocycles.